The summed E-state index contributed by atoms with van der Waals surface area (Å²) in [6.07, 6.45) is 6.58. The van der Waals surface area contributed by atoms with Crippen LogP contribution in [0.3, 0.4) is 0 Å². The highest BCUT2D eigenvalue weighted by atomic mass is 16.1. The summed E-state index contributed by atoms with van der Waals surface area (Å²) in [6.45, 7) is 1.87. The predicted octanol–water partition coefficient (Wildman–Crippen LogP) is 1.36. The molecular weight excluding hydrogens is 216 g/mol. The normalized spacial score (nSPS) is 11.2. The van der Waals surface area contributed by atoms with Gasteiger partial charge >= 0.3 is 0 Å². The third kappa shape index (κ3) is 2.18. The van der Waals surface area contributed by atoms with E-state index in [-0.39, 0.29) is 5.78 Å². The van der Waals surface area contributed by atoms with Gasteiger partial charge in [-0.15, -0.1) is 0 Å². The highest BCUT2D eigenvalue weighted by Gasteiger charge is 2.09. The first-order valence-electron chi connectivity index (χ1n) is 5.28. The Kier molecular flexibility index (Phi) is 2.91. The van der Waals surface area contributed by atoms with Gasteiger partial charge in [0.05, 0.1) is 17.5 Å². The third-order valence-electron chi connectivity index (χ3n) is 2.77. The van der Waals surface area contributed by atoms with Gasteiger partial charge in [-0.25, -0.2) is 0 Å². The molecule has 0 fully saturated rings. The molecule has 0 aliphatic heterocycles. The Morgan fingerprint density at radius 2 is 2.06 bits per heavy atom. The van der Waals surface area contributed by atoms with Crippen molar-refractivity contribution in [1.82, 2.24) is 19.6 Å². The summed E-state index contributed by atoms with van der Waals surface area (Å²) < 4.78 is 3.39. The topological polar surface area (TPSA) is 52.7 Å². The fourth-order valence-corrected chi connectivity index (χ4v) is 1.54. The van der Waals surface area contributed by atoms with Crippen LogP contribution in [0.15, 0.2) is 24.5 Å². The number of aromatic nitrogens is 4. The van der Waals surface area contributed by atoms with Crippen LogP contribution in [0.2, 0.25) is 0 Å². The summed E-state index contributed by atoms with van der Waals surface area (Å²) in [4.78, 5) is 11.9. The van der Waals surface area contributed by atoms with Gasteiger partial charge in [-0.1, -0.05) is 0 Å². The van der Waals surface area contributed by atoms with Crippen molar-refractivity contribution in [3.05, 3.63) is 41.5 Å². The van der Waals surface area contributed by atoms with E-state index in [1.54, 1.807) is 33.9 Å². The van der Waals surface area contributed by atoms with Gasteiger partial charge in [-0.05, 0) is 25.1 Å². The van der Waals surface area contributed by atoms with Crippen molar-refractivity contribution < 1.29 is 4.79 Å². The summed E-state index contributed by atoms with van der Waals surface area (Å²) in [6, 6.07) is 1.85. The van der Waals surface area contributed by atoms with E-state index in [1.807, 2.05) is 27.1 Å². The molecule has 2 aromatic heterocycles. The molecule has 5 heteroatoms. The number of ketones is 1. The van der Waals surface area contributed by atoms with Gasteiger partial charge in [0.15, 0.2) is 5.78 Å². The first-order chi connectivity index (χ1) is 8.09. The fraction of sp³-hybridized carbons (Fsp3) is 0.250. The molecule has 0 atom stereocenters. The lowest BCUT2D eigenvalue weighted by Gasteiger charge is -1.96. The molecule has 2 aromatic rings. The summed E-state index contributed by atoms with van der Waals surface area (Å²) in [5.41, 5.74) is 2.38. The van der Waals surface area contributed by atoms with E-state index < -0.39 is 0 Å². The fourth-order valence-electron chi connectivity index (χ4n) is 1.54. The SMILES string of the molecule is Cc1c(C(=O)/C=C/c2ccnn2C)cnn1C. The Labute approximate surface area is 99.4 Å². The minimum Gasteiger partial charge on any atom is -0.289 e. The Morgan fingerprint density at radius 1 is 1.29 bits per heavy atom. The molecule has 0 unspecified atom stereocenters. The maximum atomic E-state index is 11.9. The summed E-state index contributed by atoms with van der Waals surface area (Å²) >= 11 is 0. The van der Waals surface area contributed by atoms with Crippen molar-refractivity contribution >= 4 is 11.9 Å². The molecule has 2 rings (SSSR count). The monoisotopic (exact) mass is 230 g/mol. The number of carbonyl (C=O) groups is 1. The standard InChI is InChI=1S/C12H14N4O/c1-9-11(8-14-15(9)2)12(17)5-4-10-6-7-13-16(10)3/h4-8H,1-3H3/b5-4+. The van der Waals surface area contributed by atoms with Gasteiger partial charge in [0.2, 0.25) is 0 Å². The van der Waals surface area contributed by atoms with Gasteiger partial charge in [-0.3, -0.25) is 14.2 Å². The van der Waals surface area contributed by atoms with Crippen molar-refractivity contribution in [1.29, 1.82) is 0 Å². The summed E-state index contributed by atoms with van der Waals surface area (Å²) in [5, 5.41) is 8.07. The van der Waals surface area contributed by atoms with Crippen molar-refractivity contribution in [3.8, 4) is 0 Å². The maximum absolute atomic E-state index is 11.9. The summed E-state index contributed by atoms with van der Waals surface area (Å²) in [7, 11) is 3.65. The zero-order chi connectivity index (χ0) is 12.4. The zero-order valence-corrected chi connectivity index (χ0v) is 10.1. The number of aryl methyl sites for hydroxylation is 2. The minimum absolute atomic E-state index is 0.0446. The molecule has 0 radical (unpaired) electrons. The van der Waals surface area contributed by atoms with Crippen molar-refractivity contribution in [2.45, 2.75) is 6.92 Å². The molecule has 88 valence electrons. The van der Waals surface area contributed by atoms with Crippen LogP contribution in [0.5, 0.6) is 0 Å². The van der Waals surface area contributed by atoms with E-state index in [0.717, 1.165) is 11.4 Å². The molecular formula is C12H14N4O. The predicted molar refractivity (Wildman–Crippen MR) is 64.5 cm³/mol. The molecule has 0 bridgehead atoms. The van der Waals surface area contributed by atoms with Crippen LogP contribution in [0.1, 0.15) is 21.7 Å². The van der Waals surface area contributed by atoms with Crippen molar-refractivity contribution in [3.63, 3.8) is 0 Å². The van der Waals surface area contributed by atoms with Gasteiger partial charge < -0.3 is 0 Å². The molecule has 0 aliphatic rings. The molecule has 0 spiro atoms. The molecule has 0 aliphatic carbocycles. The van der Waals surface area contributed by atoms with Crippen LogP contribution >= 0.6 is 0 Å². The first kappa shape index (κ1) is 11.3. The van der Waals surface area contributed by atoms with Crippen molar-refractivity contribution in [2.75, 3.05) is 0 Å². The molecule has 0 saturated carbocycles. The second kappa shape index (κ2) is 4.37. The second-order valence-electron chi connectivity index (χ2n) is 3.84. The first-order valence-corrected chi connectivity index (χ1v) is 5.28. The number of carbonyl (C=O) groups excluding carboxylic acids is 1. The largest absolute Gasteiger partial charge is 0.289 e. The lowest BCUT2D eigenvalue weighted by atomic mass is 10.1. The molecule has 17 heavy (non-hydrogen) atoms. The van der Waals surface area contributed by atoms with E-state index in [0.29, 0.717) is 5.56 Å². The average molecular weight is 230 g/mol. The van der Waals surface area contributed by atoms with Crippen molar-refractivity contribution in [2.24, 2.45) is 14.1 Å². The van der Waals surface area contributed by atoms with Crippen LogP contribution in [0.25, 0.3) is 6.08 Å². The molecule has 2 heterocycles. The maximum Gasteiger partial charge on any atom is 0.189 e. The van der Waals surface area contributed by atoms with Gasteiger partial charge in [0, 0.05) is 26.0 Å². The minimum atomic E-state index is -0.0446. The van der Waals surface area contributed by atoms with E-state index in [4.69, 9.17) is 0 Å². The smallest absolute Gasteiger partial charge is 0.189 e. The highest BCUT2D eigenvalue weighted by Crippen LogP contribution is 2.08. The van der Waals surface area contributed by atoms with E-state index in [1.165, 1.54) is 0 Å². The van der Waals surface area contributed by atoms with Gasteiger partial charge in [0.25, 0.3) is 0 Å². The van der Waals surface area contributed by atoms with Crippen LogP contribution in [0, 0.1) is 6.92 Å². The lowest BCUT2D eigenvalue weighted by molar-refractivity contribution is 0.104. The Hall–Kier alpha value is -2.17. The van der Waals surface area contributed by atoms with Crippen LogP contribution in [0.4, 0.5) is 0 Å². The molecule has 0 saturated heterocycles. The van der Waals surface area contributed by atoms with Crippen LogP contribution in [-0.2, 0) is 14.1 Å². The summed E-state index contributed by atoms with van der Waals surface area (Å²) in [5.74, 6) is -0.0446. The lowest BCUT2D eigenvalue weighted by Crippen LogP contribution is -1.99. The highest BCUT2D eigenvalue weighted by molar-refractivity contribution is 6.07. The van der Waals surface area contributed by atoms with Crippen LogP contribution < -0.4 is 0 Å². The molecule has 0 amide bonds. The second-order valence-corrected chi connectivity index (χ2v) is 3.84. The number of hydrogen-bond donors (Lipinski definition) is 0. The van der Waals surface area contributed by atoms with Crippen LogP contribution in [-0.4, -0.2) is 25.3 Å². The Balaban J connectivity index is 2.20. The number of rotatable bonds is 3. The molecule has 0 aromatic carbocycles. The van der Waals surface area contributed by atoms with E-state index >= 15 is 0 Å². The average Bonchev–Trinajstić information content (AvgIpc) is 2.84. The Morgan fingerprint density at radius 3 is 2.59 bits per heavy atom. The zero-order valence-electron chi connectivity index (χ0n) is 10.1. The number of hydrogen-bond acceptors (Lipinski definition) is 3. The molecule has 5 nitrogen and oxygen atoms in total. The Bertz CT molecular complexity index is 577. The number of nitrogens with zero attached hydrogens (tertiary/aromatic N) is 4. The van der Waals surface area contributed by atoms with E-state index in [2.05, 4.69) is 10.2 Å². The third-order valence-corrected chi connectivity index (χ3v) is 2.77. The molecule has 0 N–H and O–H groups in total. The van der Waals surface area contributed by atoms with Gasteiger partial charge in [-0.2, -0.15) is 10.2 Å². The van der Waals surface area contributed by atoms with Gasteiger partial charge in [0.1, 0.15) is 0 Å². The number of allylic oxidation sites excluding steroid dienone is 1. The van der Waals surface area contributed by atoms with E-state index in [9.17, 15) is 4.79 Å². The quantitative estimate of drug-likeness (QED) is 0.591.